The van der Waals surface area contributed by atoms with Crippen molar-refractivity contribution in [3.05, 3.63) is 16.9 Å². The van der Waals surface area contributed by atoms with Gasteiger partial charge in [-0.25, -0.2) is 4.79 Å². The highest BCUT2D eigenvalue weighted by Crippen LogP contribution is 2.34. The van der Waals surface area contributed by atoms with E-state index in [1.165, 1.54) is 0 Å². The molecule has 1 aliphatic rings. The standard InChI is InChI=1S/C14H22BrN3O5S/c1-13(2,3)23-12(19)17-9-14(10-17,5-6-22-24(4,20)21)18-8-11(15)7-16-18/h7-8H,5-6,9-10H2,1-4H3. The summed E-state index contributed by atoms with van der Waals surface area (Å²) in [6, 6.07) is 0. The van der Waals surface area contributed by atoms with Gasteiger partial charge < -0.3 is 9.64 Å². The average molecular weight is 424 g/mol. The molecule has 0 aliphatic carbocycles. The fourth-order valence-electron chi connectivity index (χ4n) is 2.48. The quantitative estimate of drug-likeness (QED) is 0.672. The second-order valence-electron chi connectivity index (χ2n) is 6.94. The topological polar surface area (TPSA) is 90.7 Å². The van der Waals surface area contributed by atoms with Crippen LogP contribution in [-0.4, -0.2) is 60.7 Å². The molecule has 10 heteroatoms. The first-order valence-electron chi connectivity index (χ1n) is 7.43. The van der Waals surface area contributed by atoms with Crippen LogP contribution in [0.1, 0.15) is 27.2 Å². The minimum atomic E-state index is -3.51. The van der Waals surface area contributed by atoms with Crippen LogP contribution in [0.3, 0.4) is 0 Å². The average Bonchev–Trinajstić information content (AvgIpc) is 2.75. The van der Waals surface area contributed by atoms with Crippen LogP contribution in [0.2, 0.25) is 0 Å². The summed E-state index contributed by atoms with van der Waals surface area (Å²) in [6.45, 7) is 6.21. The largest absolute Gasteiger partial charge is 0.444 e. The van der Waals surface area contributed by atoms with Crippen molar-refractivity contribution in [2.45, 2.75) is 38.3 Å². The van der Waals surface area contributed by atoms with Crippen molar-refractivity contribution in [2.75, 3.05) is 26.0 Å². The van der Waals surface area contributed by atoms with Gasteiger partial charge in [-0.15, -0.1) is 0 Å². The summed E-state index contributed by atoms with van der Waals surface area (Å²) in [6.07, 6.45) is 4.47. The third-order valence-corrected chi connectivity index (χ3v) is 4.53. The van der Waals surface area contributed by atoms with Gasteiger partial charge in [0.15, 0.2) is 0 Å². The summed E-state index contributed by atoms with van der Waals surface area (Å²) in [4.78, 5) is 13.7. The van der Waals surface area contributed by atoms with Crippen LogP contribution < -0.4 is 0 Å². The van der Waals surface area contributed by atoms with E-state index in [-0.39, 0.29) is 6.61 Å². The lowest BCUT2D eigenvalue weighted by Gasteiger charge is -2.49. The van der Waals surface area contributed by atoms with Gasteiger partial charge in [0.25, 0.3) is 10.1 Å². The number of rotatable bonds is 5. The highest BCUT2D eigenvalue weighted by Gasteiger charge is 2.48. The normalized spacial score (nSPS) is 17.5. The molecule has 8 nitrogen and oxygen atoms in total. The lowest BCUT2D eigenvalue weighted by Crippen LogP contribution is -2.65. The Balaban J connectivity index is 2.06. The van der Waals surface area contributed by atoms with E-state index in [4.69, 9.17) is 8.92 Å². The zero-order valence-corrected chi connectivity index (χ0v) is 16.6. The Kier molecular flexibility index (Phi) is 5.31. The van der Waals surface area contributed by atoms with E-state index < -0.39 is 27.4 Å². The number of amides is 1. The third kappa shape index (κ3) is 4.93. The summed E-state index contributed by atoms with van der Waals surface area (Å²) in [7, 11) is -3.51. The van der Waals surface area contributed by atoms with Crippen molar-refractivity contribution < 1.29 is 22.1 Å². The zero-order chi connectivity index (χ0) is 18.2. The number of hydrogen-bond acceptors (Lipinski definition) is 6. The summed E-state index contributed by atoms with van der Waals surface area (Å²) < 4.78 is 35.1. The molecule has 0 unspecified atom stereocenters. The van der Waals surface area contributed by atoms with Crippen LogP contribution >= 0.6 is 15.9 Å². The van der Waals surface area contributed by atoms with Gasteiger partial charge in [-0.3, -0.25) is 8.86 Å². The molecule has 1 amide bonds. The van der Waals surface area contributed by atoms with E-state index in [9.17, 15) is 13.2 Å². The number of ether oxygens (including phenoxy) is 1. The Hall–Kier alpha value is -1.13. The molecule has 0 atom stereocenters. The Bertz CT molecular complexity index is 704. The molecule has 1 aliphatic heterocycles. The van der Waals surface area contributed by atoms with Crippen molar-refractivity contribution in [1.82, 2.24) is 14.7 Å². The van der Waals surface area contributed by atoms with Gasteiger partial charge in [-0.1, -0.05) is 0 Å². The first kappa shape index (κ1) is 19.2. The molecule has 136 valence electrons. The number of halogens is 1. The van der Waals surface area contributed by atoms with Crippen molar-refractivity contribution in [1.29, 1.82) is 0 Å². The number of aromatic nitrogens is 2. The Morgan fingerprint density at radius 2 is 2.04 bits per heavy atom. The minimum Gasteiger partial charge on any atom is -0.444 e. The zero-order valence-electron chi connectivity index (χ0n) is 14.2. The molecular weight excluding hydrogens is 402 g/mol. The summed E-state index contributed by atoms with van der Waals surface area (Å²) >= 11 is 3.35. The molecule has 2 heterocycles. The molecule has 1 fully saturated rings. The van der Waals surface area contributed by atoms with Gasteiger partial charge in [-0.2, -0.15) is 13.5 Å². The van der Waals surface area contributed by atoms with Gasteiger partial charge in [0.2, 0.25) is 0 Å². The van der Waals surface area contributed by atoms with Gasteiger partial charge in [0.05, 0.1) is 36.6 Å². The molecule has 1 saturated heterocycles. The maximum atomic E-state index is 12.1. The lowest BCUT2D eigenvalue weighted by atomic mass is 9.87. The van der Waals surface area contributed by atoms with Crippen LogP contribution in [0.4, 0.5) is 4.79 Å². The molecule has 24 heavy (non-hydrogen) atoms. The predicted octanol–water partition coefficient (Wildman–Crippen LogP) is 1.96. The second kappa shape index (κ2) is 6.64. The van der Waals surface area contributed by atoms with Gasteiger partial charge in [0, 0.05) is 12.6 Å². The number of carbonyl (C=O) groups excluding carboxylic acids is 1. The van der Waals surface area contributed by atoms with Crippen LogP contribution in [0.5, 0.6) is 0 Å². The first-order chi connectivity index (χ1) is 10.9. The smallest absolute Gasteiger partial charge is 0.410 e. The fraction of sp³-hybridized carbons (Fsp3) is 0.714. The van der Waals surface area contributed by atoms with Crippen LogP contribution in [0, 0.1) is 0 Å². The molecule has 0 saturated carbocycles. The van der Waals surface area contributed by atoms with Gasteiger partial charge in [0.1, 0.15) is 11.1 Å². The summed E-state index contributed by atoms with van der Waals surface area (Å²) in [5.74, 6) is 0. The Morgan fingerprint density at radius 3 is 2.50 bits per heavy atom. The SMILES string of the molecule is CC(C)(C)OC(=O)N1CC(CCOS(C)(=O)=O)(n2cc(Br)cn2)C1. The maximum Gasteiger partial charge on any atom is 0.410 e. The molecule has 1 aromatic heterocycles. The number of likely N-dealkylation sites (tertiary alicyclic amines) is 1. The Labute approximate surface area is 150 Å². The fourth-order valence-corrected chi connectivity index (χ4v) is 3.15. The monoisotopic (exact) mass is 423 g/mol. The molecule has 0 N–H and O–H groups in total. The van der Waals surface area contributed by atoms with Crippen molar-refractivity contribution in [3.63, 3.8) is 0 Å². The summed E-state index contributed by atoms with van der Waals surface area (Å²) in [5.41, 5.74) is -1.07. The predicted molar refractivity (Wildman–Crippen MR) is 91.1 cm³/mol. The van der Waals surface area contributed by atoms with E-state index in [2.05, 4.69) is 21.0 Å². The third-order valence-electron chi connectivity index (χ3n) is 3.52. The molecule has 0 bridgehead atoms. The van der Waals surface area contributed by atoms with Crippen molar-refractivity contribution >= 4 is 32.1 Å². The highest BCUT2D eigenvalue weighted by atomic mass is 79.9. The van der Waals surface area contributed by atoms with E-state index in [0.717, 1.165) is 10.7 Å². The number of carbonyl (C=O) groups is 1. The minimum absolute atomic E-state index is 0.0263. The Morgan fingerprint density at radius 1 is 1.42 bits per heavy atom. The number of nitrogens with zero attached hydrogens (tertiary/aromatic N) is 3. The van der Waals surface area contributed by atoms with Crippen LogP contribution in [0.15, 0.2) is 16.9 Å². The molecule has 0 radical (unpaired) electrons. The molecule has 2 rings (SSSR count). The molecule has 0 spiro atoms. The molecule has 0 aromatic carbocycles. The first-order valence-corrected chi connectivity index (χ1v) is 10.0. The molecular formula is C14H22BrN3O5S. The summed E-state index contributed by atoms with van der Waals surface area (Å²) in [5, 5.41) is 4.28. The maximum absolute atomic E-state index is 12.1. The van der Waals surface area contributed by atoms with E-state index in [0.29, 0.717) is 19.5 Å². The van der Waals surface area contributed by atoms with Crippen LogP contribution in [0.25, 0.3) is 0 Å². The van der Waals surface area contributed by atoms with E-state index in [1.807, 2.05) is 20.8 Å². The van der Waals surface area contributed by atoms with Gasteiger partial charge in [-0.05, 0) is 36.7 Å². The van der Waals surface area contributed by atoms with E-state index >= 15 is 0 Å². The second-order valence-corrected chi connectivity index (χ2v) is 9.50. The highest BCUT2D eigenvalue weighted by molar-refractivity contribution is 9.10. The lowest BCUT2D eigenvalue weighted by molar-refractivity contribution is -0.0396. The van der Waals surface area contributed by atoms with Gasteiger partial charge >= 0.3 is 6.09 Å². The van der Waals surface area contributed by atoms with Crippen molar-refractivity contribution in [3.8, 4) is 0 Å². The number of hydrogen-bond donors (Lipinski definition) is 0. The van der Waals surface area contributed by atoms with Crippen LogP contribution in [-0.2, 0) is 24.6 Å². The van der Waals surface area contributed by atoms with E-state index in [1.54, 1.807) is 22.0 Å². The van der Waals surface area contributed by atoms with Crippen molar-refractivity contribution in [2.24, 2.45) is 0 Å². The molecule has 1 aromatic rings.